The van der Waals surface area contributed by atoms with Gasteiger partial charge in [0.05, 0.1) is 0 Å². The van der Waals surface area contributed by atoms with Gasteiger partial charge in [-0.3, -0.25) is 4.79 Å². The molecule has 7 nitrogen and oxygen atoms in total. The third-order valence-electron chi connectivity index (χ3n) is 4.07. The van der Waals surface area contributed by atoms with Crippen molar-refractivity contribution < 1.29 is 9.32 Å². The van der Waals surface area contributed by atoms with Crippen molar-refractivity contribution in [2.75, 3.05) is 17.2 Å². The van der Waals surface area contributed by atoms with Crippen molar-refractivity contribution in [1.82, 2.24) is 15.1 Å². The van der Waals surface area contributed by atoms with E-state index in [1.54, 1.807) is 19.1 Å². The summed E-state index contributed by atoms with van der Waals surface area (Å²) in [6, 6.07) is 3.31. The Labute approximate surface area is 146 Å². The van der Waals surface area contributed by atoms with Crippen LogP contribution in [0.1, 0.15) is 54.0 Å². The Morgan fingerprint density at radius 3 is 2.84 bits per heavy atom. The molecule has 1 aliphatic rings. The molecule has 0 aliphatic heterocycles. The van der Waals surface area contributed by atoms with Crippen molar-refractivity contribution in [3.8, 4) is 0 Å². The zero-order chi connectivity index (χ0) is 17.6. The minimum Gasteiger partial charge on any atom is -0.360 e. The second-order valence-corrected chi connectivity index (χ2v) is 6.28. The van der Waals surface area contributed by atoms with E-state index in [-0.39, 0.29) is 5.91 Å². The van der Waals surface area contributed by atoms with Crippen molar-refractivity contribution >= 4 is 17.7 Å². The maximum absolute atomic E-state index is 12.3. The minimum absolute atomic E-state index is 0.299. The number of nitrogens with one attached hydrogen (secondary N) is 2. The maximum Gasteiger partial charge on any atom is 0.275 e. The average molecular weight is 341 g/mol. The van der Waals surface area contributed by atoms with E-state index in [1.807, 2.05) is 6.92 Å². The van der Waals surface area contributed by atoms with Gasteiger partial charge in [0.1, 0.15) is 11.5 Å². The van der Waals surface area contributed by atoms with Crippen LogP contribution in [0, 0.1) is 13.8 Å². The molecule has 0 fully saturated rings. The molecular formula is C18H23N5O2. The monoisotopic (exact) mass is 341 g/mol. The Hall–Kier alpha value is -2.70. The number of anilines is 2. The van der Waals surface area contributed by atoms with Crippen molar-refractivity contribution in [3.05, 3.63) is 40.9 Å². The molecule has 2 N–H and O–H groups in total. The molecule has 25 heavy (non-hydrogen) atoms. The third-order valence-corrected chi connectivity index (χ3v) is 4.07. The molecule has 0 saturated carbocycles. The highest BCUT2D eigenvalue weighted by Gasteiger charge is 2.13. The summed E-state index contributed by atoms with van der Waals surface area (Å²) in [5.41, 5.74) is 2.52. The van der Waals surface area contributed by atoms with Gasteiger partial charge in [0.15, 0.2) is 5.82 Å². The lowest BCUT2D eigenvalue weighted by Gasteiger charge is -2.13. The molecule has 0 aromatic carbocycles. The van der Waals surface area contributed by atoms with Crippen LogP contribution < -0.4 is 10.6 Å². The van der Waals surface area contributed by atoms with E-state index < -0.39 is 0 Å². The van der Waals surface area contributed by atoms with E-state index in [9.17, 15) is 4.79 Å². The van der Waals surface area contributed by atoms with Crippen LogP contribution in [-0.4, -0.2) is 27.6 Å². The van der Waals surface area contributed by atoms with Gasteiger partial charge >= 0.3 is 0 Å². The number of rotatable bonds is 6. The Bertz CT molecular complexity index is 782. The molecule has 2 heterocycles. The second-order valence-electron chi connectivity index (χ2n) is 6.28. The Kier molecular flexibility index (Phi) is 5.42. The first-order valence-electron chi connectivity index (χ1n) is 8.62. The van der Waals surface area contributed by atoms with Gasteiger partial charge in [-0.1, -0.05) is 16.8 Å². The number of aromatic nitrogens is 3. The zero-order valence-electron chi connectivity index (χ0n) is 14.6. The summed E-state index contributed by atoms with van der Waals surface area (Å²) in [7, 11) is 0. The van der Waals surface area contributed by atoms with Gasteiger partial charge in [0, 0.05) is 18.3 Å². The molecule has 0 bridgehead atoms. The molecule has 3 rings (SSSR count). The van der Waals surface area contributed by atoms with Crippen LogP contribution in [-0.2, 0) is 0 Å². The SMILES string of the molecule is Cc1cc(C(=O)Nc2cc(C)on2)nc(NCCC2=CCCCC2)n1. The lowest BCUT2D eigenvalue weighted by atomic mass is 9.97. The highest BCUT2D eigenvalue weighted by molar-refractivity contribution is 6.02. The Balaban J connectivity index is 1.61. The van der Waals surface area contributed by atoms with E-state index in [0.29, 0.717) is 23.2 Å². The number of carbonyl (C=O) groups excluding carboxylic acids is 1. The van der Waals surface area contributed by atoms with Gasteiger partial charge in [0.25, 0.3) is 5.91 Å². The van der Waals surface area contributed by atoms with Gasteiger partial charge in [-0.2, -0.15) is 0 Å². The molecular weight excluding hydrogens is 318 g/mol. The summed E-state index contributed by atoms with van der Waals surface area (Å²) in [5, 5.41) is 9.64. The number of aryl methyl sites for hydroxylation is 2. The van der Waals surface area contributed by atoms with Crippen molar-refractivity contribution in [2.45, 2.75) is 46.0 Å². The highest BCUT2D eigenvalue weighted by Crippen LogP contribution is 2.20. The molecule has 0 spiro atoms. The summed E-state index contributed by atoms with van der Waals surface area (Å²) in [6.45, 7) is 4.37. The van der Waals surface area contributed by atoms with E-state index >= 15 is 0 Å². The molecule has 2 aromatic heterocycles. The summed E-state index contributed by atoms with van der Waals surface area (Å²) < 4.78 is 4.94. The summed E-state index contributed by atoms with van der Waals surface area (Å²) >= 11 is 0. The second kappa shape index (κ2) is 7.92. The van der Waals surface area contributed by atoms with Crippen LogP contribution >= 0.6 is 0 Å². The molecule has 132 valence electrons. The molecule has 1 aliphatic carbocycles. The van der Waals surface area contributed by atoms with Gasteiger partial charge < -0.3 is 15.2 Å². The van der Waals surface area contributed by atoms with Gasteiger partial charge in [-0.15, -0.1) is 0 Å². The minimum atomic E-state index is -0.336. The Morgan fingerprint density at radius 1 is 1.24 bits per heavy atom. The fourth-order valence-electron chi connectivity index (χ4n) is 2.84. The lowest BCUT2D eigenvalue weighted by Crippen LogP contribution is -2.16. The van der Waals surface area contributed by atoms with Gasteiger partial charge in [-0.05, 0) is 52.0 Å². The zero-order valence-corrected chi connectivity index (χ0v) is 14.6. The highest BCUT2D eigenvalue weighted by atomic mass is 16.5. The van der Waals surface area contributed by atoms with Crippen LogP contribution in [0.2, 0.25) is 0 Å². The first kappa shape index (κ1) is 17.1. The lowest BCUT2D eigenvalue weighted by molar-refractivity contribution is 0.102. The van der Waals surface area contributed by atoms with Crippen LogP contribution in [0.5, 0.6) is 0 Å². The van der Waals surface area contributed by atoms with Gasteiger partial charge in [0.2, 0.25) is 5.95 Å². The quantitative estimate of drug-likeness (QED) is 0.779. The topological polar surface area (TPSA) is 92.9 Å². The number of allylic oxidation sites excluding steroid dienone is 1. The normalized spacial score (nSPS) is 14.1. The molecule has 0 unspecified atom stereocenters. The number of nitrogens with zero attached hydrogens (tertiary/aromatic N) is 3. The van der Waals surface area contributed by atoms with E-state index in [4.69, 9.17) is 4.52 Å². The predicted molar refractivity (Wildman–Crippen MR) is 95.6 cm³/mol. The predicted octanol–water partition coefficient (Wildman–Crippen LogP) is 3.64. The van der Waals surface area contributed by atoms with Crippen LogP contribution in [0.15, 0.2) is 28.3 Å². The number of hydrogen-bond acceptors (Lipinski definition) is 6. The third kappa shape index (κ3) is 4.89. The van der Waals surface area contributed by atoms with Crippen molar-refractivity contribution in [3.63, 3.8) is 0 Å². The number of carbonyl (C=O) groups is 1. The fraction of sp³-hybridized carbons (Fsp3) is 0.444. The number of amides is 1. The fourth-order valence-corrected chi connectivity index (χ4v) is 2.84. The molecule has 0 atom stereocenters. The van der Waals surface area contributed by atoms with Crippen LogP contribution in [0.3, 0.4) is 0 Å². The van der Waals surface area contributed by atoms with E-state index in [0.717, 1.165) is 18.7 Å². The van der Waals surface area contributed by atoms with Crippen molar-refractivity contribution in [1.29, 1.82) is 0 Å². The molecule has 0 radical (unpaired) electrons. The van der Waals surface area contributed by atoms with Crippen LogP contribution in [0.25, 0.3) is 0 Å². The summed E-state index contributed by atoms with van der Waals surface area (Å²) in [6.07, 6.45) is 8.25. The van der Waals surface area contributed by atoms with E-state index in [1.165, 1.54) is 31.3 Å². The maximum atomic E-state index is 12.3. The van der Waals surface area contributed by atoms with E-state index in [2.05, 4.69) is 31.8 Å². The largest absolute Gasteiger partial charge is 0.360 e. The molecule has 1 amide bonds. The first-order valence-corrected chi connectivity index (χ1v) is 8.62. The summed E-state index contributed by atoms with van der Waals surface area (Å²) in [4.78, 5) is 21.0. The average Bonchev–Trinajstić information content (AvgIpc) is 3.00. The van der Waals surface area contributed by atoms with Crippen molar-refractivity contribution in [2.24, 2.45) is 0 Å². The standard InChI is InChI=1S/C18H23N5O2/c1-12-10-15(17(24)22-16-11-13(2)25-23-16)21-18(20-12)19-9-8-14-6-4-3-5-7-14/h6,10-11H,3-5,7-9H2,1-2H3,(H,19,20,21)(H,22,23,24). The van der Waals surface area contributed by atoms with Crippen LogP contribution in [0.4, 0.5) is 11.8 Å². The summed E-state index contributed by atoms with van der Waals surface area (Å²) in [5.74, 6) is 1.14. The smallest absolute Gasteiger partial charge is 0.275 e. The molecule has 7 heteroatoms. The molecule has 0 saturated heterocycles. The Morgan fingerprint density at radius 2 is 2.12 bits per heavy atom. The number of hydrogen-bond donors (Lipinski definition) is 2. The van der Waals surface area contributed by atoms with Gasteiger partial charge in [-0.25, -0.2) is 9.97 Å². The first-order chi connectivity index (χ1) is 12.1. The molecule has 2 aromatic rings.